The van der Waals surface area contributed by atoms with Crippen LogP contribution in [0.15, 0.2) is 91.0 Å². The molecule has 1 aromatic heterocycles. The molecule has 34 heavy (non-hydrogen) atoms. The largest absolute Gasteiger partial charge is 0.313 e. The Hall–Kier alpha value is -3.84. The predicted octanol–water partition coefficient (Wildman–Crippen LogP) is 6.77. The summed E-state index contributed by atoms with van der Waals surface area (Å²) in [5.74, 6) is 0.281. The van der Waals surface area contributed by atoms with Crippen LogP contribution in [0.3, 0.4) is 0 Å². The van der Waals surface area contributed by atoms with Crippen molar-refractivity contribution in [3.8, 4) is 0 Å². The third-order valence-corrected chi connectivity index (χ3v) is 8.47. The quantitative estimate of drug-likeness (QED) is 0.274. The van der Waals surface area contributed by atoms with Crippen molar-refractivity contribution < 1.29 is 0 Å². The molecule has 0 aliphatic heterocycles. The molecule has 4 aromatic carbocycles. The molecule has 0 N–H and O–H groups in total. The molecule has 0 saturated heterocycles. The third kappa shape index (κ3) is 2.20. The van der Waals surface area contributed by atoms with Gasteiger partial charge in [0, 0.05) is 27.8 Å². The molecule has 0 radical (unpaired) electrons. The SMILES string of the molecule is CC12C=c3ccccc3=CC1c1cccc3c1c1c4c2cccc4ccc1n3C1=CC=CCC1. The number of aromatic nitrogens is 1. The Labute approximate surface area is 198 Å². The lowest BCUT2D eigenvalue weighted by Crippen LogP contribution is -2.39. The van der Waals surface area contributed by atoms with E-state index in [1.54, 1.807) is 0 Å². The van der Waals surface area contributed by atoms with Crippen molar-refractivity contribution in [2.75, 3.05) is 0 Å². The maximum Gasteiger partial charge on any atom is 0.0544 e. The second-order valence-electron chi connectivity index (χ2n) is 10.3. The minimum atomic E-state index is -0.111. The highest BCUT2D eigenvalue weighted by molar-refractivity contribution is 6.25. The molecule has 2 atom stereocenters. The van der Waals surface area contributed by atoms with Gasteiger partial charge in [0.15, 0.2) is 0 Å². The van der Waals surface area contributed by atoms with Crippen LogP contribution in [-0.4, -0.2) is 4.57 Å². The lowest BCUT2D eigenvalue weighted by Gasteiger charge is -2.37. The molecule has 1 heterocycles. The highest BCUT2D eigenvalue weighted by atomic mass is 15.0. The second kappa shape index (κ2) is 6.39. The van der Waals surface area contributed by atoms with Crippen molar-refractivity contribution in [3.05, 3.63) is 113 Å². The van der Waals surface area contributed by atoms with E-state index >= 15 is 0 Å². The molecule has 1 heteroatoms. The van der Waals surface area contributed by atoms with Crippen LogP contribution in [0.2, 0.25) is 0 Å². The Morgan fingerprint density at radius 3 is 2.53 bits per heavy atom. The topological polar surface area (TPSA) is 4.93 Å². The van der Waals surface area contributed by atoms with Gasteiger partial charge in [0.1, 0.15) is 0 Å². The molecule has 8 rings (SSSR count). The van der Waals surface area contributed by atoms with E-state index in [0.29, 0.717) is 0 Å². The molecule has 0 spiro atoms. The molecule has 2 unspecified atom stereocenters. The van der Waals surface area contributed by atoms with Gasteiger partial charge in [-0.05, 0) is 63.4 Å². The van der Waals surface area contributed by atoms with Gasteiger partial charge in [-0.15, -0.1) is 0 Å². The zero-order valence-corrected chi connectivity index (χ0v) is 19.3. The molecule has 162 valence electrons. The monoisotopic (exact) mass is 435 g/mol. The van der Waals surface area contributed by atoms with Gasteiger partial charge in [-0.3, -0.25) is 0 Å². The van der Waals surface area contributed by atoms with Crippen LogP contribution in [0.1, 0.15) is 36.8 Å². The van der Waals surface area contributed by atoms with Gasteiger partial charge in [-0.25, -0.2) is 0 Å². The van der Waals surface area contributed by atoms with E-state index in [0.717, 1.165) is 12.8 Å². The van der Waals surface area contributed by atoms with Crippen LogP contribution < -0.4 is 10.4 Å². The summed E-state index contributed by atoms with van der Waals surface area (Å²) < 4.78 is 2.54. The molecule has 0 bridgehead atoms. The van der Waals surface area contributed by atoms with Crippen LogP contribution in [0.25, 0.3) is 50.4 Å². The molecule has 1 nitrogen and oxygen atoms in total. The van der Waals surface area contributed by atoms with Gasteiger partial charge in [-0.1, -0.05) is 91.9 Å². The van der Waals surface area contributed by atoms with E-state index in [-0.39, 0.29) is 11.3 Å². The summed E-state index contributed by atoms with van der Waals surface area (Å²) in [6.07, 6.45) is 14.0. The first-order chi connectivity index (χ1) is 16.7. The van der Waals surface area contributed by atoms with E-state index in [2.05, 4.69) is 115 Å². The average Bonchev–Trinajstić information content (AvgIpc) is 3.19. The van der Waals surface area contributed by atoms with Crippen molar-refractivity contribution in [3.63, 3.8) is 0 Å². The molecule has 5 aromatic rings. The fourth-order valence-corrected chi connectivity index (χ4v) is 6.97. The van der Waals surface area contributed by atoms with Crippen LogP contribution >= 0.6 is 0 Å². The highest BCUT2D eigenvalue weighted by Gasteiger charge is 2.40. The first-order valence-corrected chi connectivity index (χ1v) is 12.4. The lowest BCUT2D eigenvalue weighted by atomic mass is 9.66. The van der Waals surface area contributed by atoms with Crippen LogP contribution in [0, 0.1) is 0 Å². The average molecular weight is 436 g/mol. The van der Waals surface area contributed by atoms with Crippen molar-refractivity contribution >= 4 is 50.4 Å². The predicted molar refractivity (Wildman–Crippen MR) is 144 cm³/mol. The molecular formula is C33H25N. The number of hydrogen-bond acceptors (Lipinski definition) is 0. The van der Waals surface area contributed by atoms with E-state index in [4.69, 9.17) is 0 Å². The zero-order chi connectivity index (χ0) is 22.4. The van der Waals surface area contributed by atoms with Crippen molar-refractivity contribution in [2.45, 2.75) is 31.1 Å². The number of rotatable bonds is 1. The summed E-state index contributed by atoms with van der Waals surface area (Å²) in [4.78, 5) is 0. The number of nitrogens with zero attached hydrogens (tertiary/aromatic N) is 1. The second-order valence-corrected chi connectivity index (χ2v) is 10.3. The number of allylic oxidation sites excluding steroid dienone is 4. The summed E-state index contributed by atoms with van der Waals surface area (Å²) in [6, 6.07) is 27.4. The molecule has 0 fully saturated rings. The molecule has 3 aliphatic rings. The van der Waals surface area contributed by atoms with Crippen LogP contribution in [0.4, 0.5) is 0 Å². The maximum absolute atomic E-state index is 2.54. The Balaban J connectivity index is 1.64. The minimum Gasteiger partial charge on any atom is -0.313 e. The van der Waals surface area contributed by atoms with Gasteiger partial charge in [0.25, 0.3) is 0 Å². The first kappa shape index (κ1) is 18.6. The van der Waals surface area contributed by atoms with E-state index < -0.39 is 0 Å². The van der Waals surface area contributed by atoms with Gasteiger partial charge < -0.3 is 4.57 Å². The normalized spacial score (nSPS) is 22.4. The summed E-state index contributed by atoms with van der Waals surface area (Å²) >= 11 is 0. The van der Waals surface area contributed by atoms with Crippen molar-refractivity contribution in [1.29, 1.82) is 0 Å². The highest BCUT2D eigenvalue weighted by Crippen LogP contribution is 2.53. The number of benzene rings is 4. The smallest absolute Gasteiger partial charge is 0.0544 e. The summed E-state index contributed by atoms with van der Waals surface area (Å²) in [6.45, 7) is 2.45. The Bertz CT molecular complexity index is 1880. The lowest BCUT2D eigenvalue weighted by molar-refractivity contribution is 0.585. The Kier molecular flexibility index (Phi) is 3.49. The van der Waals surface area contributed by atoms with Crippen LogP contribution in [0.5, 0.6) is 0 Å². The fraction of sp³-hybridized carbons (Fsp3) is 0.152. The molecule has 3 aliphatic carbocycles. The molecular weight excluding hydrogens is 410 g/mol. The van der Waals surface area contributed by atoms with Gasteiger partial charge >= 0.3 is 0 Å². The number of hydrogen-bond donors (Lipinski definition) is 0. The summed E-state index contributed by atoms with van der Waals surface area (Å²) in [5, 5.41) is 8.31. The van der Waals surface area contributed by atoms with E-state index in [9.17, 15) is 0 Å². The van der Waals surface area contributed by atoms with E-state index in [1.165, 1.54) is 59.8 Å². The zero-order valence-electron chi connectivity index (χ0n) is 19.3. The first-order valence-electron chi connectivity index (χ1n) is 12.4. The van der Waals surface area contributed by atoms with Crippen molar-refractivity contribution in [1.82, 2.24) is 4.57 Å². The van der Waals surface area contributed by atoms with Crippen LogP contribution in [-0.2, 0) is 5.41 Å². The Morgan fingerprint density at radius 1 is 0.794 bits per heavy atom. The molecule has 0 saturated carbocycles. The standard InChI is InChI=1S/C33H25N/c1-33-20-23-10-6-5-9-22(23)19-27(33)25-14-8-16-28-31(25)32-29(34(28)24-12-3-2-4-13-24)18-17-21-11-7-15-26(33)30(21)32/h2-3,5-12,14-20,27H,4,13H2,1H3. The van der Waals surface area contributed by atoms with Gasteiger partial charge in [-0.2, -0.15) is 0 Å². The Morgan fingerprint density at radius 2 is 1.65 bits per heavy atom. The fourth-order valence-electron chi connectivity index (χ4n) is 6.97. The van der Waals surface area contributed by atoms with Crippen molar-refractivity contribution in [2.24, 2.45) is 0 Å². The maximum atomic E-state index is 2.54. The van der Waals surface area contributed by atoms with Gasteiger partial charge in [0.2, 0.25) is 0 Å². The third-order valence-electron chi connectivity index (χ3n) is 8.47. The summed E-state index contributed by atoms with van der Waals surface area (Å²) in [7, 11) is 0. The summed E-state index contributed by atoms with van der Waals surface area (Å²) in [5.41, 5.74) is 6.85. The van der Waals surface area contributed by atoms with E-state index in [1.807, 2.05) is 0 Å². The minimum absolute atomic E-state index is 0.111. The van der Waals surface area contributed by atoms with Gasteiger partial charge in [0.05, 0.1) is 11.0 Å². The molecule has 0 amide bonds. The number of fused-ring (bicyclic) bond motifs is 4.